The first kappa shape index (κ1) is 11.0. The maximum absolute atomic E-state index is 13.0. The Labute approximate surface area is 96.8 Å². The van der Waals surface area contributed by atoms with Crippen molar-refractivity contribution in [1.29, 1.82) is 0 Å². The van der Waals surface area contributed by atoms with E-state index < -0.39 is 5.92 Å². The van der Waals surface area contributed by atoms with E-state index in [2.05, 4.69) is 0 Å². The Bertz CT molecular complexity index is 242. The van der Waals surface area contributed by atoms with E-state index in [1.165, 1.54) is 38.5 Å². The van der Waals surface area contributed by atoms with Gasteiger partial charge in [-0.25, -0.2) is 8.78 Å². The lowest BCUT2D eigenvalue weighted by Crippen LogP contribution is -2.46. The summed E-state index contributed by atoms with van der Waals surface area (Å²) >= 11 is 0. The van der Waals surface area contributed by atoms with E-state index in [0.29, 0.717) is 5.41 Å². The predicted octanol–water partition coefficient (Wildman–Crippen LogP) is 4.64. The number of hydrogen-bond donors (Lipinski definition) is 0. The molecule has 0 unspecified atom stereocenters. The first-order chi connectivity index (χ1) is 7.44. The third-order valence-corrected chi connectivity index (χ3v) is 5.26. The van der Waals surface area contributed by atoms with Crippen molar-refractivity contribution in [2.45, 2.75) is 64.2 Å². The molecule has 0 atom stereocenters. The largest absolute Gasteiger partial charge is 0.245 e. The summed E-state index contributed by atoms with van der Waals surface area (Å²) in [6.07, 6.45) is 8.88. The summed E-state index contributed by atoms with van der Waals surface area (Å²) in [7, 11) is 0. The van der Waals surface area contributed by atoms with Crippen LogP contribution in [0.3, 0.4) is 0 Å². The Kier molecular flexibility index (Phi) is 2.35. The zero-order valence-corrected chi connectivity index (χ0v) is 10.1. The molecule has 92 valence electrons. The smallest absolute Gasteiger partial charge is 0.207 e. The second kappa shape index (κ2) is 3.43. The quantitative estimate of drug-likeness (QED) is 0.660. The van der Waals surface area contributed by atoms with Gasteiger partial charge in [0.25, 0.3) is 0 Å². The van der Waals surface area contributed by atoms with E-state index in [0.717, 1.165) is 31.1 Å². The molecule has 4 aliphatic rings. The third kappa shape index (κ3) is 2.00. The molecule has 4 rings (SSSR count). The Morgan fingerprint density at radius 1 is 1.00 bits per heavy atom. The van der Waals surface area contributed by atoms with Crippen LogP contribution in [0.1, 0.15) is 58.3 Å². The first-order valence-electron chi connectivity index (χ1n) is 6.82. The van der Waals surface area contributed by atoms with Crippen LogP contribution in [0.25, 0.3) is 0 Å². The zero-order chi connectivity index (χ0) is 11.4. The lowest BCUT2D eigenvalue weighted by molar-refractivity contribution is -0.0772. The lowest BCUT2D eigenvalue weighted by Gasteiger charge is -2.57. The maximum atomic E-state index is 13.0. The number of hydrogen-bond acceptors (Lipinski definition) is 0. The standard InChI is InChI=1S/C14H22F2/c1-13(15,16)2-3-14-7-10-4-11(8-14)6-12(5-10)9-14/h10-12H,2-9H2,1H3. The molecule has 4 saturated carbocycles. The molecule has 0 aromatic heterocycles. The van der Waals surface area contributed by atoms with Crippen LogP contribution < -0.4 is 0 Å². The van der Waals surface area contributed by atoms with Crippen molar-refractivity contribution in [1.82, 2.24) is 0 Å². The summed E-state index contributed by atoms with van der Waals surface area (Å²) < 4.78 is 26.0. The van der Waals surface area contributed by atoms with Crippen molar-refractivity contribution in [3.8, 4) is 0 Å². The van der Waals surface area contributed by atoms with Gasteiger partial charge in [-0.3, -0.25) is 0 Å². The highest BCUT2D eigenvalue weighted by Gasteiger charge is 2.50. The number of alkyl halides is 2. The SMILES string of the molecule is CC(F)(F)CCC12CC3CC(CC(C3)C1)C2. The van der Waals surface area contributed by atoms with Crippen molar-refractivity contribution >= 4 is 0 Å². The van der Waals surface area contributed by atoms with Gasteiger partial charge < -0.3 is 0 Å². The molecule has 0 nitrogen and oxygen atoms in total. The van der Waals surface area contributed by atoms with Crippen LogP contribution in [0, 0.1) is 23.2 Å². The minimum atomic E-state index is -2.46. The van der Waals surface area contributed by atoms with E-state index in [1.807, 2.05) is 0 Å². The summed E-state index contributed by atoms with van der Waals surface area (Å²) in [5.74, 6) is 0.203. The second-order valence-corrected chi connectivity index (χ2v) is 6.99. The average molecular weight is 228 g/mol. The summed E-state index contributed by atoms with van der Waals surface area (Å²) in [5, 5.41) is 0. The van der Waals surface area contributed by atoms with Crippen molar-refractivity contribution in [2.24, 2.45) is 23.2 Å². The van der Waals surface area contributed by atoms with Gasteiger partial charge in [-0.1, -0.05) is 0 Å². The van der Waals surface area contributed by atoms with Crippen LogP contribution >= 0.6 is 0 Å². The highest BCUT2D eigenvalue weighted by atomic mass is 19.3. The van der Waals surface area contributed by atoms with Crippen LogP contribution in [0.15, 0.2) is 0 Å². The average Bonchev–Trinajstić information content (AvgIpc) is 2.11. The molecule has 0 aromatic carbocycles. The van der Waals surface area contributed by atoms with Crippen LogP contribution in [0.5, 0.6) is 0 Å². The molecule has 4 bridgehead atoms. The fourth-order valence-electron chi connectivity index (χ4n) is 5.08. The highest BCUT2D eigenvalue weighted by Crippen LogP contribution is 2.61. The maximum Gasteiger partial charge on any atom is 0.245 e. The Hall–Kier alpha value is -0.140. The molecule has 0 aromatic rings. The molecule has 0 N–H and O–H groups in total. The van der Waals surface area contributed by atoms with Gasteiger partial charge in [-0.05, 0) is 75.0 Å². The molecule has 4 fully saturated rings. The molecule has 16 heavy (non-hydrogen) atoms. The van der Waals surface area contributed by atoms with Crippen LogP contribution in [0.4, 0.5) is 8.78 Å². The molecule has 0 amide bonds. The molecule has 0 heterocycles. The summed E-state index contributed by atoms with van der Waals surface area (Å²) in [6.45, 7) is 1.08. The van der Waals surface area contributed by atoms with Gasteiger partial charge in [0.15, 0.2) is 0 Å². The molecule has 0 spiro atoms. The van der Waals surface area contributed by atoms with Crippen molar-refractivity contribution < 1.29 is 8.78 Å². The molecule has 0 aliphatic heterocycles. The fraction of sp³-hybridized carbons (Fsp3) is 1.00. The highest BCUT2D eigenvalue weighted by molar-refractivity contribution is 5.01. The molecule has 2 heteroatoms. The lowest BCUT2D eigenvalue weighted by atomic mass is 9.48. The van der Waals surface area contributed by atoms with Gasteiger partial charge in [0, 0.05) is 6.42 Å². The summed E-state index contributed by atoms with van der Waals surface area (Å²) in [5.41, 5.74) is 0.328. The van der Waals surface area contributed by atoms with Crippen molar-refractivity contribution in [3.05, 3.63) is 0 Å². The van der Waals surface area contributed by atoms with E-state index in [4.69, 9.17) is 0 Å². The van der Waals surface area contributed by atoms with E-state index >= 15 is 0 Å². The van der Waals surface area contributed by atoms with E-state index in [9.17, 15) is 8.78 Å². The minimum absolute atomic E-state index is 0.110. The van der Waals surface area contributed by atoms with Crippen molar-refractivity contribution in [3.63, 3.8) is 0 Å². The van der Waals surface area contributed by atoms with E-state index in [1.54, 1.807) is 0 Å². The monoisotopic (exact) mass is 228 g/mol. The molecular formula is C14H22F2. The van der Waals surface area contributed by atoms with E-state index in [-0.39, 0.29) is 6.42 Å². The molecule has 4 aliphatic carbocycles. The van der Waals surface area contributed by atoms with Gasteiger partial charge in [0.2, 0.25) is 5.92 Å². The molecule has 0 radical (unpaired) electrons. The Morgan fingerprint density at radius 3 is 1.81 bits per heavy atom. The molecular weight excluding hydrogens is 206 g/mol. The zero-order valence-electron chi connectivity index (χ0n) is 10.1. The van der Waals surface area contributed by atoms with Gasteiger partial charge in [-0.15, -0.1) is 0 Å². The minimum Gasteiger partial charge on any atom is -0.207 e. The summed E-state index contributed by atoms with van der Waals surface area (Å²) in [4.78, 5) is 0. The van der Waals surface area contributed by atoms with Gasteiger partial charge in [0.1, 0.15) is 0 Å². The normalized spacial score (nSPS) is 46.3. The predicted molar refractivity (Wildman–Crippen MR) is 60.5 cm³/mol. The van der Waals surface area contributed by atoms with Gasteiger partial charge in [-0.2, -0.15) is 0 Å². The van der Waals surface area contributed by atoms with Gasteiger partial charge in [0.05, 0.1) is 0 Å². The van der Waals surface area contributed by atoms with Crippen molar-refractivity contribution in [2.75, 3.05) is 0 Å². The summed E-state index contributed by atoms with van der Waals surface area (Å²) in [6, 6.07) is 0. The molecule has 0 saturated heterocycles. The fourth-order valence-corrected chi connectivity index (χ4v) is 5.08. The topological polar surface area (TPSA) is 0 Å². The number of halogens is 2. The van der Waals surface area contributed by atoms with Crippen LogP contribution in [0.2, 0.25) is 0 Å². The number of rotatable bonds is 3. The Morgan fingerprint density at radius 2 is 1.44 bits per heavy atom. The first-order valence-corrected chi connectivity index (χ1v) is 6.82. The van der Waals surface area contributed by atoms with Crippen LogP contribution in [-0.2, 0) is 0 Å². The third-order valence-electron chi connectivity index (χ3n) is 5.26. The van der Waals surface area contributed by atoms with Crippen LogP contribution in [-0.4, -0.2) is 5.92 Å². The second-order valence-electron chi connectivity index (χ2n) is 6.99. The Balaban J connectivity index is 1.69. The van der Waals surface area contributed by atoms with Gasteiger partial charge >= 0.3 is 0 Å².